The lowest BCUT2D eigenvalue weighted by Gasteiger charge is -2.07. The molecule has 0 aromatic heterocycles. The van der Waals surface area contributed by atoms with Crippen molar-refractivity contribution >= 4 is 18.3 Å². The zero-order valence-corrected chi connectivity index (χ0v) is 12.9. The fourth-order valence-corrected chi connectivity index (χ4v) is 1.85. The Labute approximate surface area is 127 Å². The van der Waals surface area contributed by atoms with Crippen molar-refractivity contribution in [3.05, 3.63) is 29.8 Å². The van der Waals surface area contributed by atoms with Gasteiger partial charge in [-0.1, -0.05) is 25.0 Å². The normalized spacial score (nSPS) is 9.70. The first-order valence-corrected chi connectivity index (χ1v) is 6.86. The van der Waals surface area contributed by atoms with Crippen LogP contribution in [0.25, 0.3) is 0 Å². The quantitative estimate of drug-likeness (QED) is 0.689. The minimum atomic E-state index is 0. The van der Waals surface area contributed by atoms with Gasteiger partial charge >= 0.3 is 0 Å². The summed E-state index contributed by atoms with van der Waals surface area (Å²) in [4.78, 5) is 11.6. The van der Waals surface area contributed by atoms with Crippen molar-refractivity contribution in [3.63, 3.8) is 0 Å². The van der Waals surface area contributed by atoms with Gasteiger partial charge in [-0.15, -0.1) is 12.4 Å². The summed E-state index contributed by atoms with van der Waals surface area (Å²) >= 11 is 0. The lowest BCUT2D eigenvalue weighted by molar-refractivity contribution is -0.121. The molecule has 0 heterocycles. The fraction of sp³-hybridized carbons (Fsp3) is 0.533. The summed E-state index contributed by atoms with van der Waals surface area (Å²) in [5.74, 6) is 0.920. The number of rotatable bonds is 9. The summed E-state index contributed by atoms with van der Waals surface area (Å²) in [6.07, 6.45) is 4.76. The van der Waals surface area contributed by atoms with E-state index >= 15 is 0 Å². The van der Waals surface area contributed by atoms with E-state index in [4.69, 9.17) is 10.5 Å². The van der Waals surface area contributed by atoms with Gasteiger partial charge < -0.3 is 15.8 Å². The number of benzene rings is 1. The number of nitrogens with one attached hydrogen (secondary N) is 1. The minimum Gasteiger partial charge on any atom is -0.497 e. The lowest BCUT2D eigenvalue weighted by atomic mass is 10.1. The number of hydrogen-bond donors (Lipinski definition) is 2. The van der Waals surface area contributed by atoms with Crippen LogP contribution in [0.15, 0.2) is 24.3 Å². The summed E-state index contributed by atoms with van der Waals surface area (Å²) in [6, 6.07) is 7.72. The van der Waals surface area contributed by atoms with Gasteiger partial charge in [0.15, 0.2) is 0 Å². The number of unbranched alkanes of at least 4 members (excludes halogenated alkanes) is 3. The standard InChI is InChI=1S/C15H24N2O2.ClH/c1-19-14-8-6-7-13(11-14)12-17-15(18)9-4-2-3-5-10-16;/h6-8,11H,2-5,9-10,12,16H2,1H3,(H,17,18);1H. The second kappa shape index (κ2) is 11.6. The molecule has 0 radical (unpaired) electrons. The predicted molar refractivity (Wildman–Crippen MR) is 84.2 cm³/mol. The third-order valence-electron chi connectivity index (χ3n) is 2.98. The van der Waals surface area contributed by atoms with Crippen LogP contribution < -0.4 is 15.8 Å². The number of ether oxygens (including phenoxy) is 1. The zero-order chi connectivity index (χ0) is 13.9. The molecule has 1 aromatic rings. The smallest absolute Gasteiger partial charge is 0.220 e. The van der Waals surface area contributed by atoms with Crippen LogP contribution in [0.2, 0.25) is 0 Å². The first-order valence-electron chi connectivity index (χ1n) is 6.86. The van der Waals surface area contributed by atoms with Crippen LogP contribution in [0.1, 0.15) is 37.7 Å². The summed E-state index contributed by atoms with van der Waals surface area (Å²) in [6.45, 7) is 1.29. The first kappa shape index (κ1) is 18.7. The Bertz CT molecular complexity index is 386. The summed E-state index contributed by atoms with van der Waals surface area (Å²) in [5, 5.41) is 2.92. The van der Waals surface area contributed by atoms with E-state index < -0.39 is 0 Å². The predicted octanol–water partition coefficient (Wildman–Crippen LogP) is 2.64. The van der Waals surface area contributed by atoms with E-state index in [1.165, 1.54) is 0 Å². The van der Waals surface area contributed by atoms with Crippen molar-refractivity contribution in [2.45, 2.75) is 38.6 Å². The van der Waals surface area contributed by atoms with E-state index in [-0.39, 0.29) is 18.3 Å². The van der Waals surface area contributed by atoms with Crippen LogP contribution in [0.4, 0.5) is 0 Å². The van der Waals surface area contributed by atoms with Crippen LogP contribution in [0, 0.1) is 0 Å². The Kier molecular flexibility index (Phi) is 10.8. The van der Waals surface area contributed by atoms with Crippen LogP contribution in [0.5, 0.6) is 5.75 Å². The molecule has 20 heavy (non-hydrogen) atoms. The van der Waals surface area contributed by atoms with Gasteiger partial charge in [0.2, 0.25) is 5.91 Å². The molecule has 4 nitrogen and oxygen atoms in total. The summed E-state index contributed by atoms with van der Waals surface area (Å²) < 4.78 is 5.14. The van der Waals surface area contributed by atoms with Crippen molar-refractivity contribution in [3.8, 4) is 5.75 Å². The van der Waals surface area contributed by atoms with Crippen molar-refractivity contribution in [1.82, 2.24) is 5.32 Å². The molecular formula is C15H25ClN2O2. The number of carbonyl (C=O) groups excluding carboxylic acids is 1. The number of amides is 1. The molecule has 0 fully saturated rings. The Balaban J connectivity index is 0.00000361. The third kappa shape index (κ3) is 8.02. The van der Waals surface area contributed by atoms with E-state index in [0.717, 1.165) is 43.5 Å². The number of halogens is 1. The topological polar surface area (TPSA) is 64.3 Å². The highest BCUT2D eigenvalue weighted by Gasteiger charge is 2.02. The van der Waals surface area contributed by atoms with Crippen LogP contribution in [0.3, 0.4) is 0 Å². The number of carbonyl (C=O) groups is 1. The van der Waals surface area contributed by atoms with Crippen molar-refractivity contribution in [2.75, 3.05) is 13.7 Å². The van der Waals surface area contributed by atoms with Gasteiger partial charge in [0.25, 0.3) is 0 Å². The minimum absolute atomic E-state index is 0. The molecule has 0 atom stereocenters. The summed E-state index contributed by atoms with van der Waals surface area (Å²) in [5.41, 5.74) is 6.47. The Morgan fingerprint density at radius 1 is 1.25 bits per heavy atom. The Hall–Kier alpha value is -1.26. The molecule has 1 rings (SSSR count). The average molecular weight is 301 g/mol. The first-order chi connectivity index (χ1) is 9.26. The molecule has 0 spiro atoms. The molecule has 1 aromatic carbocycles. The third-order valence-corrected chi connectivity index (χ3v) is 2.98. The molecule has 114 valence electrons. The van der Waals surface area contributed by atoms with E-state index in [0.29, 0.717) is 13.0 Å². The second-order valence-corrected chi connectivity index (χ2v) is 4.58. The Morgan fingerprint density at radius 3 is 2.70 bits per heavy atom. The largest absolute Gasteiger partial charge is 0.497 e. The number of hydrogen-bond acceptors (Lipinski definition) is 3. The molecule has 0 unspecified atom stereocenters. The zero-order valence-electron chi connectivity index (χ0n) is 12.1. The Morgan fingerprint density at radius 2 is 2.00 bits per heavy atom. The molecule has 0 saturated carbocycles. The van der Waals surface area contributed by atoms with E-state index in [9.17, 15) is 4.79 Å². The lowest BCUT2D eigenvalue weighted by Crippen LogP contribution is -2.22. The molecule has 0 saturated heterocycles. The highest BCUT2D eigenvalue weighted by Crippen LogP contribution is 2.12. The van der Waals surface area contributed by atoms with Gasteiger partial charge in [-0.3, -0.25) is 4.79 Å². The molecule has 0 aliphatic heterocycles. The average Bonchev–Trinajstić information content (AvgIpc) is 2.45. The summed E-state index contributed by atoms with van der Waals surface area (Å²) in [7, 11) is 1.64. The maximum Gasteiger partial charge on any atom is 0.220 e. The van der Waals surface area contributed by atoms with Crippen LogP contribution >= 0.6 is 12.4 Å². The van der Waals surface area contributed by atoms with E-state index in [2.05, 4.69) is 5.32 Å². The molecule has 3 N–H and O–H groups in total. The van der Waals surface area contributed by atoms with E-state index in [1.54, 1.807) is 7.11 Å². The molecular weight excluding hydrogens is 276 g/mol. The SMILES string of the molecule is COc1cccc(CNC(=O)CCCCCCN)c1.Cl. The van der Waals surface area contributed by atoms with Gasteiger partial charge in [-0.05, 0) is 37.1 Å². The number of methoxy groups -OCH3 is 1. The van der Waals surface area contributed by atoms with Gasteiger partial charge in [0.1, 0.15) is 5.75 Å². The van der Waals surface area contributed by atoms with Gasteiger partial charge in [-0.25, -0.2) is 0 Å². The fourth-order valence-electron chi connectivity index (χ4n) is 1.85. The molecule has 0 bridgehead atoms. The van der Waals surface area contributed by atoms with Crippen molar-refractivity contribution in [2.24, 2.45) is 5.73 Å². The maximum absolute atomic E-state index is 11.6. The van der Waals surface area contributed by atoms with E-state index in [1.807, 2.05) is 24.3 Å². The molecule has 5 heteroatoms. The van der Waals surface area contributed by atoms with Crippen LogP contribution in [-0.2, 0) is 11.3 Å². The maximum atomic E-state index is 11.6. The van der Waals surface area contributed by atoms with Crippen molar-refractivity contribution in [1.29, 1.82) is 0 Å². The second-order valence-electron chi connectivity index (χ2n) is 4.58. The monoisotopic (exact) mass is 300 g/mol. The molecule has 0 aliphatic carbocycles. The van der Waals surface area contributed by atoms with Crippen molar-refractivity contribution < 1.29 is 9.53 Å². The van der Waals surface area contributed by atoms with Gasteiger partial charge in [-0.2, -0.15) is 0 Å². The number of nitrogens with two attached hydrogens (primary N) is 1. The molecule has 1 amide bonds. The van der Waals surface area contributed by atoms with Gasteiger partial charge in [0, 0.05) is 13.0 Å². The molecule has 0 aliphatic rings. The highest BCUT2D eigenvalue weighted by atomic mass is 35.5. The highest BCUT2D eigenvalue weighted by molar-refractivity contribution is 5.85. The van der Waals surface area contributed by atoms with Gasteiger partial charge in [0.05, 0.1) is 7.11 Å². The van der Waals surface area contributed by atoms with Crippen LogP contribution in [-0.4, -0.2) is 19.6 Å².